The highest BCUT2D eigenvalue weighted by Crippen LogP contribution is 2.33. The van der Waals surface area contributed by atoms with Crippen LogP contribution in [0.15, 0.2) is 18.2 Å². The highest BCUT2D eigenvalue weighted by molar-refractivity contribution is 5.32. The Morgan fingerprint density at radius 3 is 2.40 bits per heavy atom. The van der Waals surface area contributed by atoms with Gasteiger partial charge < -0.3 is 10.5 Å². The van der Waals surface area contributed by atoms with Crippen molar-refractivity contribution >= 4 is 0 Å². The predicted molar refractivity (Wildman–Crippen MR) is 45.9 cm³/mol. The summed E-state index contributed by atoms with van der Waals surface area (Å²) in [5.41, 5.74) is 4.25. The molecule has 0 bridgehead atoms. The average molecular weight is 223 g/mol. The Balaban J connectivity index is 3.12. The smallest absolute Gasteiger partial charge is 0.407 e. The van der Waals surface area contributed by atoms with E-state index in [1.165, 1.54) is 13.2 Å². The molecule has 0 spiro atoms. The standard InChI is InChI=1S/C9H9F4NO/c1-15-5-2-3-7(10)6(4-5)8(14)9(11,12)13/h2-4,8H,14H2,1H3/t8-/m0/s1. The summed E-state index contributed by atoms with van der Waals surface area (Å²) in [6.45, 7) is 0. The molecule has 0 saturated heterocycles. The maximum absolute atomic E-state index is 13.1. The van der Waals surface area contributed by atoms with E-state index in [2.05, 4.69) is 4.74 Å². The molecule has 1 aromatic carbocycles. The first-order chi connectivity index (χ1) is 6.86. The lowest BCUT2D eigenvalue weighted by Crippen LogP contribution is -2.29. The number of methoxy groups -OCH3 is 1. The third-order valence-corrected chi connectivity index (χ3v) is 1.89. The van der Waals surface area contributed by atoms with Crippen LogP contribution in [-0.2, 0) is 0 Å². The molecule has 0 unspecified atom stereocenters. The lowest BCUT2D eigenvalue weighted by molar-refractivity contribution is -0.149. The Labute approximate surface area is 83.6 Å². The number of benzene rings is 1. The van der Waals surface area contributed by atoms with Crippen molar-refractivity contribution in [3.63, 3.8) is 0 Å². The van der Waals surface area contributed by atoms with E-state index in [0.29, 0.717) is 0 Å². The monoisotopic (exact) mass is 223 g/mol. The van der Waals surface area contributed by atoms with Gasteiger partial charge in [-0.1, -0.05) is 0 Å². The van der Waals surface area contributed by atoms with Crippen LogP contribution in [0, 0.1) is 5.82 Å². The van der Waals surface area contributed by atoms with Gasteiger partial charge in [0.15, 0.2) is 0 Å². The van der Waals surface area contributed by atoms with Crippen molar-refractivity contribution in [3.8, 4) is 5.75 Å². The van der Waals surface area contributed by atoms with Crippen LogP contribution >= 0.6 is 0 Å². The fourth-order valence-corrected chi connectivity index (χ4v) is 1.06. The van der Waals surface area contributed by atoms with Gasteiger partial charge in [0.25, 0.3) is 0 Å². The second-order valence-corrected chi connectivity index (χ2v) is 2.91. The number of ether oxygens (including phenoxy) is 1. The maximum atomic E-state index is 13.1. The van der Waals surface area contributed by atoms with Crippen LogP contribution < -0.4 is 10.5 Å². The molecule has 0 radical (unpaired) electrons. The molecule has 0 aromatic heterocycles. The van der Waals surface area contributed by atoms with Gasteiger partial charge in [0, 0.05) is 5.56 Å². The number of hydrogen-bond donors (Lipinski definition) is 1. The first kappa shape index (κ1) is 11.8. The number of hydrogen-bond acceptors (Lipinski definition) is 2. The van der Waals surface area contributed by atoms with Crippen LogP contribution in [0.2, 0.25) is 0 Å². The zero-order chi connectivity index (χ0) is 11.6. The summed E-state index contributed by atoms with van der Waals surface area (Å²) >= 11 is 0. The van der Waals surface area contributed by atoms with E-state index < -0.39 is 23.6 Å². The van der Waals surface area contributed by atoms with Crippen LogP contribution in [0.5, 0.6) is 5.75 Å². The minimum absolute atomic E-state index is 0.131. The van der Waals surface area contributed by atoms with Crippen LogP contribution in [0.25, 0.3) is 0 Å². The van der Waals surface area contributed by atoms with Gasteiger partial charge in [-0.05, 0) is 18.2 Å². The van der Waals surface area contributed by atoms with Gasteiger partial charge in [0.2, 0.25) is 0 Å². The minimum atomic E-state index is -4.67. The maximum Gasteiger partial charge on any atom is 0.407 e. The van der Waals surface area contributed by atoms with E-state index in [1.54, 1.807) is 0 Å². The van der Waals surface area contributed by atoms with Crippen LogP contribution in [0.4, 0.5) is 17.6 Å². The van der Waals surface area contributed by atoms with Crippen molar-refractivity contribution < 1.29 is 22.3 Å². The molecule has 1 rings (SSSR count). The van der Waals surface area contributed by atoms with Crippen molar-refractivity contribution in [1.82, 2.24) is 0 Å². The first-order valence-electron chi connectivity index (χ1n) is 4.02. The molecule has 0 heterocycles. The van der Waals surface area contributed by atoms with E-state index in [1.807, 2.05) is 0 Å². The summed E-state index contributed by atoms with van der Waals surface area (Å²) in [5, 5.41) is 0. The molecule has 0 saturated carbocycles. The molecule has 0 fully saturated rings. The number of halogens is 4. The summed E-state index contributed by atoms with van der Waals surface area (Å²) in [6.07, 6.45) is -4.67. The Morgan fingerprint density at radius 2 is 1.93 bits per heavy atom. The van der Waals surface area contributed by atoms with E-state index in [-0.39, 0.29) is 5.75 Å². The molecule has 84 valence electrons. The molecule has 1 atom stereocenters. The van der Waals surface area contributed by atoms with Gasteiger partial charge in [0.1, 0.15) is 17.6 Å². The summed E-state index contributed by atoms with van der Waals surface area (Å²) in [5.74, 6) is -0.869. The van der Waals surface area contributed by atoms with Gasteiger partial charge >= 0.3 is 6.18 Å². The van der Waals surface area contributed by atoms with Crippen molar-refractivity contribution in [2.45, 2.75) is 12.2 Å². The van der Waals surface area contributed by atoms with Crippen molar-refractivity contribution in [1.29, 1.82) is 0 Å². The molecule has 0 amide bonds. The lowest BCUT2D eigenvalue weighted by Gasteiger charge is -2.17. The van der Waals surface area contributed by atoms with Crippen molar-refractivity contribution in [3.05, 3.63) is 29.6 Å². The van der Waals surface area contributed by atoms with Gasteiger partial charge in [-0.15, -0.1) is 0 Å². The molecule has 1 aromatic rings. The molecular weight excluding hydrogens is 214 g/mol. The summed E-state index contributed by atoms with van der Waals surface area (Å²) in [4.78, 5) is 0. The summed E-state index contributed by atoms with van der Waals surface area (Å²) < 4.78 is 54.4. The Kier molecular flexibility index (Phi) is 3.18. The molecule has 15 heavy (non-hydrogen) atoms. The van der Waals surface area contributed by atoms with E-state index >= 15 is 0 Å². The highest BCUT2D eigenvalue weighted by atomic mass is 19.4. The molecule has 0 aliphatic carbocycles. The molecule has 0 aliphatic heterocycles. The van der Waals surface area contributed by atoms with Gasteiger partial charge in [0.05, 0.1) is 7.11 Å². The van der Waals surface area contributed by atoms with E-state index in [0.717, 1.165) is 12.1 Å². The second-order valence-electron chi connectivity index (χ2n) is 2.91. The molecule has 0 aliphatic rings. The quantitative estimate of drug-likeness (QED) is 0.781. The molecule has 6 heteroatoms. The Bertz CT molecular complexity index is 350. The van der Waals surface area contributed by atoms with Crippen LogP contribution in [0.3, 0.4) is 0 Å². The van der Waals surface area contributed by atoms with Crippen LogP contribution in [0.1, 0.15) is 11.6 Å². The zero-order valence-electron chi connectivity index (χ0n) is 7.81. The van der Waals surface area contributed by atoms with E-state index in [4.69, 9.17) is 5.73 Å². The largest absolute Gasteiger partial charge is 0.497 e. The minimum Gasteiger partial charge on any atom is -0.497 e. The van der Waals surface area contributed by atoms with Crippen LogP contribution in [-0.4, -0.2) is 13.3 Å². The molecular formula is C9H9F4NO. The highest BCUT2D eigenvalue weighted by Gasteiger charge is 2.39. The second kappa shape index (κ2) is 4.06. The van der Waals surface area contributed by atoms with Gasteiger partial charge in [-0.25, -0.2) is 4.39 Å². The Hall–Kier alpha value is -1.30. The normalized spacial score (nSPS) is 13.7. The van der Waals surface area contributed by atoms with Crippen molar-refractivity contribution in [2.24, 2.45) is 5.73 Å². The number of nitrogens with two attached hydrogens (primary N) is 1. The third kappa shape index (κ3) is 2.59. The summed E-state index contributed by atoms with van der Waals surface area (Å²) in [6, 6.07) is 0.711. The van der Waals surface area contributed by atoms with Gasteiger partial charge in [-0.3, -0.25) is 0 Å². The zero-order valence-corrected chi connectivity index (χ0v) is 7.81. The number of alkyl halides is 3. The fourth-order valence-electron chi connectivity index (χ4n) is 1.06. The Morgan fingerprint density at radius 1 is 1.33 bits per heavy atom. The van der Waals surface area contributed by atoms with E-state index in [9.17, 15) is 17.6 Å². The molecule has 2 N–H and O–H groups in total. The van der Waals surface area contributed by atoms with Gasteiger partial charge in [-0.2, -0.15) is 13.2 Å². The molecule has 2 nitrogen and oxygen atoms in total. The average Bonchev–Trinajstić information content (AvgIpc) is 2.16. The topological polar surface area (TPSA) is 35.2 Å². The number of rotatable bonds is 2. The summed E-state index contributed by atoms with van der Waals surface area (Å²) in [7, 11) is 1.27. The fraction of sp³-hybridized carbons (Fsp3) is 0.333. The SMILES string of the molecule is COc1ccc(F)c([C@H](N)C(F)(F)F)c1. The lowest BCUT2D eigenvalue weighted by atomic mass is 10.1. The predicted octanol–water partition coefficient (Wildman–Crippen LogP) is 2.40. The first-order valence-corrected chi connectivity index (χ1v) is 4.02. The third-order valence-electron chi connectivity index (χ3n) is 1.89. The van der Waals surface area contributed by atoms with Crippen molar-refractivity contribution in [2.75, 3.05) is 7.11 Å².